The lowest BCUT2D eigenvalue weighted by molar-refractivity contribution is 0.0692. The van der Waals surface area contributed by atoms with E-state index in [1.165, 1.54) is 5.56 Å². The molecule has 0 radical (unpaired) electrons. The molecule has 3 heterocycles. The summed E-state index contributed by atoms with van der Waals surface area (Å²) in [7, 11) is 0. The van der Waals surface area contributed by atoms with Crippen LogP contribution in [-0.4, -0.2) is 57.6 Å². The summed E-state index contributed by atoms with van der Waals surface area (Å²) in [6.07, 6.45) is 3.98. The molecule has 0 saturated carbocycles. The Morgan fingerprint density at radius 2 is 1.82 bits per heavy atom. The number of nitrogens with one attached hydrogen (secondary N) is 1. The molecule has 3 aromatic rings. The van der Waals surface area contributed by atoms with E-state index in [2.05, 4.69) is 22.6 Å². The number of likely N-dealkylation sites (tertiary alicyclic amines) is 1. The van der Waals surface area contributed by atoms with Gasteiger partial charge in [0.05, 0.1) is 11.9 Å². The monoisotopic (exact) mass is 447 g/mol. The quantitative estimate of drug-likeness (QED) is 0.646. The van der Waals surface area contributed by atoms with E-state index in [4.69, 9.17) is 9.47 Å². The van der Waals surface area contributed by atoms with E-state index in [9.17, 15) is 9.59 Å². The predicted molar refractivity (Wildman–Crippen MR) is 120 cm³/mol. The maximum atomic E-state index is 12.9. The summed E-state index contributed by atoms with van der Waals surface area (Å²) in [5.74, 6) is 0.924. The highest BCUT2D eigenvalue weighted by atomic mass is 16.7. The number of hydrogen-bond acceptors (Lipinski definition) is 6. The normalized spacial score (nSPS) is 15.5. The standard InChI is InChI=1S/C24H25N5O4/c1-2-16-3-6-19(7-4-16)29-14-20(26-27-29)24(31)28-11-9-18(10-12-28)25-23(30)17-5-8-21-22(13-17)33-15-32-21/h3-8,13-14,18H,2,9-12,15H2,1H3,(H,25,30). The first-order valence-electron chi connectivity index (χ1n) is 11.1. The fourth-order valence-corrected chi connectivity index (χ4v) is 4.07. The van der Waals surface area contributed by atoms with Gasteiger partial charge in [-0.05, 0) is 55.2 Å². The van der Waals surface area contributed by atoms with Gasteiger partial charge in [-0.15, -0.1) is 5.10 Å². The molecule has 1 N–H and O–H groups in total. The molecule has 1 saturated heterocycles. The average molecular weight is 447 g/mol. The zero-order valence-electron chi connectivity index (χ0n) is 18.4. The first-order valence-corrected chi connectivity index (χ1v) is 11.1. The highest BCUT2D eigenvalue weighted by Crippen LogP contribution is 2.32. The van der Waals surface area contributed by atoms with Crippen molar-refractivity contribution in [1.29, 1.82) is 0 Å². The minimum atomic E-state index is -0.157. The molecule has 0 aliphatic carbocycles. The van der Waals surface area contributed by atoms with Gasteiger partial charge in [0, 0.05) is 24.7 Å². The molecule has 0 unspecified atom stereocenters. The van der Waals surface area contributed by atoms with Gasteiger partial charge in [-0.25, -0.2) is 4.68 Å². The lowest BCUT2D eigenvalue weighted by Gasteiger charge is -2.31. The van der Waals surface area contributed by atoms with Gasteiger partial charge in [0.25, 0.3) is 11.8 Å². The molecular formula is C24H25N5O4. The van der Waals surface area contributed by atoms with E-state index < -0.39 is 0 Å². The maximum Gasteiger partial charge on any atom is 0.276 e. The molecular weight excluding hydrogens is 422 g/mol. The summed E-state index contributed by atoms with van der Waals surface area (Å²) < 4.78 is 12.2. The largest absolute Gasteiger partial charge is 0.454 e. The number of piperidine rings is 1. The van der Waals surface area contributed by atoms with E-state index in [1.54, 1.807) is 34.0 Å². The highest BCUT2D eigenvalue weighted by Gasteiger charge is 2.27. The van der Waals surface area contributed by atoms with E-state index >= 15 is 0 Å². The van der Waals surface area contributed by atoms with E-state index in [0.29, 0.717) is 48.7 Å². The molecule has 0 bridgehead atoms. The minimum Gasteiger partial charge on any atom is -0.454 e. The Hall–Kier alpha value is -3.88. The third-order valence-corrected chi connectivity index (χ3v) is 6.07. The van der Waals surface area contributed by atoms with Crippen molar-refractivity contribution >= 4 is 11.8 Å². The first kappa shape index (κ1) is 21.0. The van der Waals surface area contributed by atoms with Crippen molar-refractivity contribution in [3.8, 4) is 17.2 Å². The summed E-state index contributed by atoms with van der Waals surface area (Å²) in [6.45, 7) is 3.37. The van der Waals surface area contributed by atoms with Crippen LogP contribution in [0.15, 0.2) is 48.7 Å². The zero-order chi connectivity index (χ0) is 22.8. The Morgan fingerprint density at radius 3 is 2.58 bits per heavy atom. The van der Waals surface area contributed by atoms with Crippen LogP contribution in [0.25, 0.3) is 5.69 Å². The lowest BCUT2D eigenvalue weighted by Crippen LogP contribution is -2.46. The van der Waals surface area contributed by atoms with Crippen LogP contribution in [0.5, 0.6) is 11.5 Å². The summed E-state index contributed by atoms with van der Waals surface area (Å²) in [4.78, 5) is 27.3. The van der Waals surface area contributed by atoms with Crippen LogP contribution >= 0.6 is 0 Å². The second-order valence-corrected chi connectivity index (χ2v) is 8.18. The fraction of sp³-hybridized carbons (Fsp3) is 0.333. The SMILES string of the molecule is CCc1ccc(-n2cc(C(=O)N3CCC(NC(=O)c4ccc5c(c4)OCO5)CC3)nn2)cc1. The average Bonchev–Trinajstić information content (AvgIpc) is 3.53. The Labute approximate surface area is 191 Å². The number of aryl methyl sites for hydroxylation is 1. The number of fused-ring (bicyclic) bond motifs is 1. The summed E-state index contributed by atoms with van der Waals surface area (Å²) in [6, 6.07) is 13.2. The molecule has 1 aromatic heterocycles. The topological polar surface area (TPSA) is 98.6 Å². The number of ether oxygens (including phenoxy) is 2. The van der Waals surface area contributed by atoms with E-state index in [1.807, 2.05) is 24.3 Å². The van der Waals surface area contributed by atoms with Gasteiger partial charge in [0.2, 0.25) is 6.79 Å². The number of benzene rings is 2. The molecule has 170 valence electrons. The zero-order valence-corrected chi connectivity index (χ0v) is 18.4. The summed E-state index contributed by atoms with van der Waals surface area (Å²) in [5.41, 5.74) is 2.95. The van der Waals surface area contributed by atoms with Crippen molar-refractivity contribution in [3.05, 3.63) is 65.5 Å². The van der Waals surface area contributed by atoms with Crippen LogP contribution in [0.3, 0.4) is 0 Å². The Morgan fingerprint density at radius 1 is 1.06 bits per heavy atom. The molecule has 5 rings (SSSR count). The van der Waals surface area contributed by atoms with Gasteiger partial charge in [0.1, 0.15) is 0 Å². The van der Waals surface area contributed by atoms with Crippen molar-refractivity contribution in [2.24, 2.45) is 0 Å². The lowest BCUT2D eigenvalue weighted by atomic mass is 10.0. The van der Waals surface area contributed by atoms with Crippen LogP contribution in [0.1, 0.15) is 46.2 Å². The molecule has 9 heteroatoms. The number of carbonyl (C=O) groups excluding carboxylic acids is 2. The molecule has 2 aromatic carbocycles. The van der Waals surface area contributed by atoms with Gasteiger partial charge >= 0.3 is 0 Å². The summed E-state index contributed by atoms with van der Waals surface area (Å²) in [5, 5.41) is 11.2. The second-order valence-electron chi connectivity index (χ2n) is 8.18. The van der Waals surface area contributed by atoms with Crippen molar-refractivity contribution in [2.45, 2.75) is 32.2 Å². The Balaban J connectivity index is 1.16. The summed E-state index contributed by atoms with van der Waals surface area (Å²) >= 11 is 0. The smallest absolute Gasteiger partial charge is 0.276 e. The third kappa shape index (κ3) is 4.39. The number of carbonyl (C=O) groups is 2. The number of rotatable bonds is 5. The second kappa shape index (κ2) is 8.93. The van der Waals surface area contributed by atoms with Crippen molar-refractivity contribution in [2.75, 3.05) is 19.9 Å². The van der Waals surface area contributed by atoms with E-state index in [-0.39, 0.29) is 24.6 Å². The van der Waals surface area contributed by atoms with Gasteiger partial charge in [0.15, 0.2) is 17.2 Å². The van der Waals surface area contributed by atoms with Gasteiger partial charge in [-0.1, -0.05) is 24.3 Å². The Bertz CT molecular complexity index is 1170. The number of hydrogen-bond donors (Lipinski definition) is 1. The number of amides is 2. The van der Waals surface area contributed by atoms with Crippen molar-refractivity contribution < 1.29 is 19.1 Å². The van der Waals surface area contributed by atoms with Crippen LogP contribution in [0, 0.1) is 0 Å². The molecule has 2 aliphatic heterocycles. The first-order chi connectivity index (χ1) is 16.1. The van der Waals surface area contributed by atoms with Crippen LogP contribution in [0.2, 0.25) is 0 Å². The molecule has 1 fully saturated rings. The van der Waals surface area contributed by atoms with Gasteiger partial charge in [-0.3, -0.25) is 9.59 Å². The van der Waals surface area contributed by atoms with Crippen molar-refractivity contribution in [1.82, 2.24) is 25.2 Å². The maximum absolute atomic E-state index is 12.9. The third-order valence-electron chi connectivity index (χ3n) is 6.07. The van der Waals surface area contributed by atoms with Gasteiger partial charge < -0.3 is 19.7 Å². The molecule has 9 nitrogen and oxygen atoms in total. The number of aromatic nitrogens is 3. The molecule has 33 heavy (non-hydrogen) atoms. The minimum absolute atomic E-state index is 0.000245. The van der Waals surface area contributed by atoms with Crippen LogP contribution < -0.4 is 14.8 Å². The van der Waals surface area contributed by atoms with Crippen LogP contribution in [0.4, 0.5) is 0 Å². The highest BCUT2D eigenvalue weighted by molar-refractivity contribution is 5.95. The molecule has 0 atom stereocenters. The molecule has 2 aliphatic rings. The number of nitrogens with zero attached hydrogens (tertiary/aromatic N) is 4. The van der Waals surface area contributed by atoms with Crippen LogP contribution in [-0.2, 0) is 6.42 Å². The predicted octanol–water partition coefficient (Wildman–Crippen LogP) is 2.59. The Kier molecular flexibility index (Phi) is 5.68. The van der Waals surface area contributed by atoms with Crippen molar-refractivity contribution in [3.63, 3.8) is 0 Å². The fourth-order valence-electron chi connectivity index (χ4n) is 4.07. The van der Waals surface area contributed by atoms with Gasteiger partial charge in [-0.2, -0.15) is 0 Å². The van der Waals surface area contributed by atoms with E-state index in [0.717, 1.165) is 12.1 Å². The molecule has 2 amide bonds. The molecule has 0 spiro atoms.